The van der Waals surface area contributed by atoms with Crippen molar-refractivity contribution < 1.29 is 24.2 Å². The Balaban J connectivity index is 2.14. The Hall–Kier alpha value is -2.82. The Morgan fingerprint density at radius 3 is 2.19 bits per heavy atom. The van der Waals surface area contributed by atoms with Crippen molar-refractivity contribution >= 4 is 11.9 Å². The lowest BCUT2D eigenvalue weighted by molar-refractivity contribution is -0.150. The van der Waals surface area contributed by atoms with Gasteiger partial charge in [-0.2, -0.15) is 0 Å². The molecule has 0 bridgehead atoms. The van der Waals surface area contributed by atoms with E-state index in [1.54, 1.807) is 0 Å². The number of carboxylic acids is 1. The average Bonchev–Trinajstić information content (AvgIpc) is 2.60. The molecule has 0 amide bonds. The second kappa shape index (κ2) is 9.04. The fourth-order valence-corrected chi connectivity index (χ4v) is 3.02. The van der Waals surface area contributed by atoms with Crippen molar-refractivity contribution in [3.8, 4) is 5.75 Å². The number of carboxylic acid groups (broad SMARTS) is 1. The van der Waals surface area contributed by atoms with Crippen LogP contribution in [0, 0.1) is 19.8 Å². The molecule has 0 aliphatic heterocycles. The van der Waals surface area contributed by atoms with Gasteiger partial charge in [-0.15, -0.1) is 0 Å². The van der Waals surface area contributed by atoms with Gasteiger partial charge in [-0.05, 0) is 42.5 Å². The standard InChI is InChI=1S/C21H24O5/c1-14-9-17(11-18(12-19(22)23)21(24)25-3)10-15(2)20(14)26-13-16-7-5-4-6-8-16/h4-10,18H,11-13H2,1-3H3,(H,22,23). The fraction of sp³-hybridized carbons (Fsp3) is 0.333. The predicted octanol–water partition coefficient (Wildman–Crippen LogP) is 3.69. The molecule has 0 heterocycles. The zero-order valence-corrected chi connectivity index (χ0v) is 15.3. The number of rotatable bonds is 8. The summed E-state index contributed by atoms with van der Waals surface area (Å²) in [6.07, 6.45) is 0.0661. The first-order valence-electron chi connectivity index (χ1n) is 8.47. The molecule has 0 aliphatic rings. The number of hydrogen-bond acceptors (Lipinski definition) is 4. The van der Waals surface area contributed by atoms with Crippen LogP contribution in [0.15, 0.2) is 42.5 Å². The van der Waals surface area contributed by atoms with E-state index in [4.69, 9.17) is 14.6 Å². The second-order valence-electron chi connectivity index (χ2n) is 6.36. The number of carbonyl (C=O) groups is 2. The SMILES string of the molecule is COC(=O)C(CC(=O)O)Cc1cc(C)c(OCc2ccccc2)c(C)c1. The number of ether oxygens (including phenoxy) is 2. The van der Waals surface area contributed by atoms with Crippen LogP contribution in [0.1, 0.15) is 28.7 Å². The van der Waals surface area contributed by atoms with E-state index in [1.165, 1.54) is 7.11 Å². The Labute approximate surface area is 153 Å². The third kappa shape index (κ3) is 5.34. The average molecular weight is 356 g/mol. The zero-order valence-electron chi connectivity index (χ0n) is 15.3. The third-order valence-electron chi connectivity index (χ3n) is 4.18. The van der Waals surface area contributed by atoms with Crippen molar-refractivity contribution in [1.82, 2.24) is 0 Å². The molecule has 1 unspecified atom stereocenters. The minimum Gasteiger partial charge on any atom is -0.488 e. The van der Waals surface area contributed by atoms with E-state index in [2.05, 4.69) is 0 Å². The summed E-state index contributed by atoms with van der Waals surface area (Å²) in [4.78, 5) is 22.8. The number of aryl methyl sites for hydroxylation is 2. The number of aliphatic carboxylic acids is 1. The van der Waals surface area contributed by atoms with Crippen molar-refractivity contribution in [2.75, 3.05) is 7.11 Å². The summed E-state index contributed by atoms with van der Waals surface area (Å²) >= 11 is 0. The normalized spacial score (nSPS) is 11.7. The number of hydrogen-bond donors (Lipinski definition) is 1. The second-order valence-corrected chi connectivity index (χ2v) is 6.36. The lowest BCUT2D eigenvalue weighted by Crippen LogP contribution is -2.22. The summed E-state index contributed by atoms with van der Waals surface area (Å²) in [7, 11) is 1.27. The largest absolute Gasteiger partial charge is 0.488 e. The van der Waals surface area contributed by atoms with Crippen molar-refractivity contribution in [1.29, 1.82) is 0 Å². The van der Waals surface area contributed by atoms with E-state index in [1.807, 2.05) is 56.3 Å². The first-order valence-corrected chi connectivity index (χ1v) is 8.47. The highest BCUT2D eigenvalue weighted by Crippen LogP contribution is 2.27. The highest BCUT2D eigenvalue weighted by molar-refractivity contribution is 5.79. The van der Waals surface area contributed by atoms with Gasteiger partial charge in [0.05, 0.1) is 19.4 Å². The highest BCUT2D eigenvalue weighted by atomic mass is 16.5. The van der Waals surface area contributed by atoms with Crippen molar-refractivity contribution in [3.05, 3.63) is 64.7 Å². The van der Waals surface area contributed by atoms with Gasteiger partial charge in [0.25, 0.3) is 0 Å². The quantitative estimate of drug-likeness (QED) is 0.730. The Morgan fingerprint density at radius 1 is 1.04 bits per heavy atom. The zero-order chi connectivity index (χ0) is 19.1. The van der Waals surface area contributed by atoms with E-state index >= 15 is 0 Å². The maximum absolute atomic E-state index is 11.8. The molecule has 0 fully saturated rings. The summed E-state index contributed by atoms with van der Waals surface area (Å²) < 4.78 is 10.7. The monoisotopic (exact) mass is 356 g/mol. The third-order valence-corrected chi connectivity index (χ3v) is 4.18. The summed E-state index contributed by atoms with van der Waals surface area (Å²) in [6.45, 7) is 4.37. The topological polar surface area (TPSA) is 72.8 Å². The molecule has 0 saturated heterocycles. The van der Waals surface area contributed by atoms with Gasteiger partial charge in [0.2, 0.25) is 0 Å². The minimum absolute atomic E-state index is 0.253. The molecule has 1 N–H and O–H groups in total. The van der Waals surface area contributed by atoms with Crippen LogP contribution in [-0.2, 0) is 27.4 Å². The van der Waals surface area contributed by atoms with Gasteiger partial charge in [-0.3, -0.25) is 9.59 Å². The van der Waals surface area contributed by atoms with Gasteiger partial charge in [0, 0.05) is 0 Å². The van der Waals surface area contributed by atoms with Crippen LogP contribution in [0.5, 0.6) is 5.75 Å². The van der Waals surface area contributed by atoms with Crippen LogP contribution >= 0.6 is 0 Å². The first-order chi connectivity index (χ1) is 12.4. The minimum atomic E-state index is -1.02. The molecule has 0 spiro atoms. The number of esters is 1. The summed E-state index contributed by atoms with van der Waals surface area (Å²) in [5.41, 5.74) is 3.89. The Kier molecular flexibility index (Phi) is 6.78. The molecular weight excluding hydrogens is 332 g/mol. The van der Waals surface area contributed by atoms with E-state index < -0.39 is 17.9 Å². The van der Waals surface area contributed by atoms with E-state index in [-0.39, 0.29) is 6.42 Å². The van der Waals surface area contributed by atoms with Crippen LogP contribution in [0.25, 0.3) is 0 Å². The van der Waals surface area contributed by atoms with E-state index in [0.29, 0.717) is 13.0 Å². The van der Waals surface area contributed by atoms with Gasteiger partial charge >= 0.3 is 11.9 Å². The lowest BCUT2D eigenvalue weighted by Gasteiger charge is -2.17. The Bertz CT molecular complexity index is 744. The molecule has 0 radical (unpaired) electrons. The maximum Gasteiger partial charge on any atom is 0.309 e. The van der Waals surface area contributed by atoms with E-state index in [0.717, 1.165) is 28.0 Å². The van der Waals surface area contributed by atoms with Crippen LogP contribution in [0.4, 0.5) is 0 Å². The molecule has 5 nitrogen and oxygen atoms in total. The molecule has 1 atom stereocenters. The molecule has 2 aromatic rings. The van der Waals surface area contributed by atoms with Crippen LogP contribution in [-0.4, -0.2) is 24.2 Å². The molecule has 138 valence electrons. The van der Waals surface area contributed by atoms with Crippen molar-refractivity contribution in [2.45, 2.75) is 33.3 Å². The van der Waals surface area contributed by atoms with E-state index in [9.17, 15) is 9.59 Å². The molecule has 0 saturated carbocycles. The van der Waals surface area contributed by atoms with Crippen LogP contribution in [0.2, 0.25) is 0 Å². The molecule has 5 heteroatoms. The van der Waals surface area contributed by atoms with Gasteiger partial charge < -0.3 is 14.6 Å². The lowest BCUT2D eigenvalue weighted by atomic mass is 9.94. The summed E-state index contributed by atoms with van der Waals surface area (Å²) in [5, 5.41) is 9.01. The van der Waals surface area contributed by atoms with Crippen molar-refractivity contribution in [2.24, 2.45) is 5.92 Å². The molecular formula is C21H24O5. The van der Waals surface area contributed by atoms with Crippen LogP contribution < -0.4 is 4.74 Å². The first kappa shape index (κ1) is 19.5. The van der Waals surface area contributed by atoms with Gasteiger partial charge in [0.15, 0.2) is 0 Å². The smallest absolute Gasteiger partial charge is 0.309 e. The number of carbonyl (C=O) groups excluding carboxylic acids is 1. The maximum atomic E-state index is 11.8. The number of methoxy groups -OCH3 is 1. The summed E-state index contributed by atoms with van der Waals surface area (Å²) in [6, 6.07) is 13.8. The molecule has 26 heavy (non-hydrogen) atoms. The summed E-state index contributed by atoms with van der Waals surface area (Å²) in [5.74, 6) is -1.42. The molecule has 2 rings (SSSR count). The van der Waals surface area contributed by atoms with Gasteiger partial charge in [0.1, 0.15) is 12.4 Å². The van der Waals surface area contributed by atoms with Gasteiger partial charge in [-0.1, -0.05) is 42.5 Å². The molecule has 0 aromatic heterocycles. The Morgan fingerprint density at radius 2 is 1.65 bits per heavy atom. The molecule has 0 aliphatic carbocycles. The number of benzene rings is 2. The van der Waals surface area contributed by atoms with Crippen LogP contribution in [0.3, 0.4) is 0 Å². The predicted molar refractivity (Wildman–Crippen MR) is 98.2 cm³/mol. The fourth-order valence-electron chi connectivity index (χ4n) is 3.02. The van der Waals surface area contributed by atoms with Gasteiger partial charge in [-0.25, -0.2) is 0 Å². The van der Waals surface area contributed by atoms with Crippen molar-refractivity contribution in [3.63, 3.8) is 0 Å². The molecule has 2 aromatic carbocycles. The highest BCUT2D eigenvalue weighted by Gasteiger charge is 2.23.